The van der Waals surface area contributed by atoms with E-state index in [1.807, 2.05) is 0 Å². The molecular formula is C13H21N3O3S. The molecule has 3 N–H and O–H groups in total. The number of carbonyl (C=O) groups is 2. The van der Waals surface area contributed by atoms with Crippen LogP contribution in [0.25, 0.3) is 0 Å². The van der Waals surface area contributed by atoms with E-state index in [9.17, 15) is 9.59 Å². The number of aromatic nitrogens is 1. The summed E-state index contributed by atoms with van der Waals surface area (Å²) in [4.78, 5) is 24.7. The molecule has 7 heteroatoms. The molecule has 1 amide bonds. The molecule has 0 spiro atoms. The number of aromatic carboxylic acids is 1. The highest BCUT2D eigenvalue weighted by Crippen LogP contribution is 2.28. The molecule has 112 valence electrons. The van der Waals surface area contributed by atoms with E-state index in [4.69, 9.17) is 10.8 Å². The second-order valence-corrected chi connectivity index (χ2v) is 5.68. The number of anilines is 1. The van der Waals surface area contributed by atoms with Gasteiger partial charge in [0, 0.05) is 13.5 Å². The third-order valence-corrected chi connectivity index (χ3v) is 4.26. The van der Waals surface area contributed by atoms with Gasteiger partial charge in [-0.05, 0) is 43.8 Å². The molecule has 0 saturated carbocycles. The van der Waals surface area contributed by atoms with Crippen LogP contribution in [0, 0.1) is 12.8 Å². The fourth-order valence-corrected chi connectivity index (χ4v) is 2.78. The summed E-state index contributed by atoms with van der Waals surface area (Å²) < 4.78 is 4.02. The highest BCUT2D eigenvalue weighted by atomic mass is 32.1. The van der Waals surface area contributed by atoms with E-state index < -0.39 is 5.97 Å². The van der Waals surface area contributed by atoms with Gasteiger partial charge in [0.1, 0.15) is 10.6 Å². The van der Waals surface area contributed by atoms with Crippen LogP contribution in [-0.4, -0.2) is 34.9 Å². The number of carboxylic acid groups (broad SMARTS) is 1. The van der Waals surface area contributed by atoms with Gasteiger partial charge in [-0.1, -0.05) is 6.92 Å². The Balaban J connectivity index is 2.72. The van der Waals surface area contributed by atoms with E-state index in [-0.39, 0.29) is 11.5 Å². The SMILES string of the molecule is Cc1nsc(N(C)C(=O)CCC(C)CCN)c1C(=O)O. The largest absolute Gasteiger partial charge is 0.478 e. The zero-order chi connectivity index (χ0) is 15.3. The molecular weight excluding hydrogens is 278 g/mol. The third kappa shape index (κ3) is 4.01. The van der Waals surface area contributed by atoms with Gasteiger partial charge in [0.05, 0.1) is 5.69 Å². The predicted octanol–water partition coefficient (Wildman–Crippen LogP) is 1.88. The van der Waals surface area contributed by atoms with Crippen LogP contribution >= 0.6 is 11.5 Å². The molecule has 0 bridgehead atoms. The van der Waals surface area contributed by atoms with Crippen molar-refractivity contribution in [2.45, 2.75) is 33.1 Å². The molecule has 0 aliphatic carbocycles. The second-order valence-electron chi connectivity index (χ2n) is 4.93. The highest BCUT2D eigenvalue weighted by molar-refractivity contribution is 7.11. The van der Waals surface area contributed by atoms with Gasteiger partial charge in [0.2, 0.25) is 5.91 Å². The molecule has 1 aromatic rings. The van der Waals surface area contributed by atoms with Crippen LogP contribution in [-0.2, 0) is 4.79 Å². The standard InChI is InChI=1S/C13H21N3O3S/c1-8(6-7-14)4-5-10(17)16(3)12-11(13(18)19)9(2)15-20-12/h8H,4-7,14H2,1-3H3,(H,18,19). The predicted molar refractivity (Wildman–Crippen MR) is 79.3 cm³/mol. The summed E-state index contributed by atoms with van der Waals surface area (Å²) in [6, 6.07) is 0. The summed E-state index contributed by atoms with van der Waals surface area (Å²) in [6.07, 6.45) is 2.02. The fraction of sp³-hybridized carbons (Fsp3) is 0.615. The van der Waals surface area contributed by atoms with Crippen LogP contribution in [0.1, 0.15) is 42.2 Å². The smallest absolute Gasteiger partial charge is 0.340 e. The Morgan fingerprint density at radius 3 is 2.65 bits per heavy atom. The molecule has 1 atom stereocenters. The van der Waals surface area contributed by atoms with E-state index >= 15 is 0 Å². The van der Waals surface area contributed by atoms with Crippen molar-refractivity contribution in [3.05, 3.63) is 11.3 Å². The van der Waals surface area contributed by atoms with Crippen LogP contribution in [0.4, 0.5) is 5.00 Å². The number of amides is 1. The first kappa shape index (κ1) is 16.6. The topological polar surface area (TPSA) is 96.5 Å². The van der Waals surface area contributed by atoms with Crippen molar-refractivity contribution in [1.82, 2.24) is 4.37 Å². The minimum atomic E-state index is -1.05. The van der Waals surface area contributed by atoms with Crippen LogP contribution < -0.4 is 10.6 Å². The molecule has 0 radical (unpaired) electrons. The van der Waals surface area contributed by atoms with Crippen molar-refractivity contribution in [2.75, 3.05) is 18.5 Å². The lowest BCUT2D eigenvalue weighted by atomic mass is 10.0. The number of hydrogen-bond acceptors (Lipinski definition) is 5. The Labute approximate surface area is 122 Å². The van der Waals surface area contributed by atoms with Gasteiger partial charge < -0.3 is 15.7 Å². The number of carboxylic acids is 1. The lowest BCUT2D eigenvalue weighted by molar-refractivity contribution is -0.118. The first-order valence-corrected chi connectivity index (χ1v) is 7.32. The van der Waals surface area contributed by atoms with Crippen molar-refractivity contribution >= 4 is 28.4 Å². The molecule has 0 fully saturated rings. The Hall–Kier alpha value is -1.47. The van der Waals surface area contributed by atoms with Crippen molar-refractivity contribution in [2.24, 2.45) is 11.7 Å². The second kappa shape index (κ2) is 7.35. The third-order valence-electron chi connectivity index (χ3n) is 3.25. The molecule has 0 aliphatic heterocycles. The molecule has 1 rings (SSSR count). The Morgan fingerprint density at radius 1 is 1.45 bits per heavy atom. The highest BCUT2D eigenvalue weighted by Gasteiger charge is 2.23. The van der Waals surface area contributed by atoms with Gasteiger partial charge in [-0.25, -0.2) is 4.79 Å². The van der Waals surface area contributed by atoms with Crippen molar-refractivity contribution in [3.63, 3.8) is 0 Å². The average Bonchev–Trinajstić information content (AvgIpc) is 2.77. The van der Waals surface area contributed by atoms with E-state index in [2.05, 4.69) is 11.3 Å². The molecule has 20 heavy (non-hydrogen) atoms. The number of carbonyl (C=O) groups excluding carboxylic acids is 1. The normalized spacial score (nSPS) is 12.2. The first-order valence-electron chi connectivity index (χ1n) is 6.54. The molecule has 1 unspecified atom stereocenters. The zero-order valence-corrected chi connectivity index (χ0v) is 12.9. The number of hydrogen-bond donors (Lipinski definition) is 2. The van der Waals surface area contributed by atoms with Gasteiger partial charge >= 0.3 is 5.97 Å². The van der Waals surface area contributed by atoms with Crippen LogP contribution in [0.3, 0.4) is 0 Å². The lowest BCUT2D eigenvalue weighted by Gasteiger charge is -2.17. The summed E-state index contributed by atoms with van der Waals surface area (Å²) in [5.74, 6) is -0.762. The van der Waals surface area contributed by atoms with Crippen molar-refractivity contribution in [3.8, 4) is 0 Å². The maximum Gasteiger partial charge on any atom is 0.340 e. The zero-order valence-electron chi connectivity index (χ0n) is 12.0. The Kier molecular flexibility index (Phi) is 6.09. The Morgan fingerprint density at radius 2 is 2.10 bits per heavy atom. The summed E-state index contributed by atoms with van der Waals surface area (Å²) in [6.45, 7) is 4.30. The number of aryl methyl sites for hydroxylation is 1. The lowest BCUT2D eigenvalue weighted by Crippen LogP contribution is -2.27. The van der Waals surface area contributed by atoms with E-state index in [1.165, 1.54) is 4.90 Å². The molecule has 6 nitrogen and oxygen atoms in total. The number of rotatable bonds is 7. The molecule has 0 saturated heterocycles. The van der Waals surface area contributed by atoms with Crippen molar-refractivity contribution < 1.29 is 14.7 Å². The van der Waals surface area contributed by atoms with Gasteiger partial charge in [-0.15, -0.1) is 0 Å². The summed E-state index contributed by atoms with van der Waals surface area (Å²) in [7, 11) is 1.59. The quantitative estimate of drug-likeness (QED) is 0.801. The van der Waals surface area contributed by atoms with Crippen LogP contribution in [0.15, 0.2) is 0 Å². The maximum absolute atomic E-state index is 12.1. The van der Waals surface area contributed by atoms with Crippen LogP contribution in [0.2, 0.25) is 0 Å². The maximum atomic E-state index is 12.1. The summed E-state index contributed by atoms with van der Waals surface area (Å²) >= 11 is 1.04. The van der Waals surface area contributed by atoms with Gasteiger partial charge in [0.25, 0.3) is 0 Å². The van der Waals surface area contributed by atoms with Gasteiger partial charge in [0.15, 0.2) is 0 Å². The van der Waals surface area contributed by atoms with E-state index in [0.717, 1.165) is 24.4 Å². The molecule has 0 aromatic carbocycles. The van der Waals surface area contributed by atoms with Crippen LogP contribution in [0.5, 0.6) is 0 Å². The average molecular weight is 299 g/mol. The molecule has 1 aromatic heterocycles. The Bertz CT molecular complexity index is 487. The minimum absolute atomic E-state index is 0.0972. The van der Waals surface area contributed by atoms with Gasteiger partial charge in [-0.2, -0.15) is 4.37 Å². The van der Waals surface area contributed by atoms with E-state index in [0.29, 0.717) is 29.6 Å². The monoisotopic (exact) mass is 299 g/mol. The minimum Gasteiger partial charge on any atom is -0.478 e. The molecule has 0 aliphatic rings. The summed E-state index contributed by atoms with van der Waals surface area (Å²) in [5.41, 5.74) is 6.03. The number of nitrogens with two attached hydrogens (primary N) is 1. The van der Waals surface area contributed by atoms with Crippen molar-refractivity contribution in [1.29, 1.82) is 0 Å². The van der Waals surface area contributed by atoms with E-state index in [1.54, 1.807) is 14.0 Å². The van der Waals surface area contributed by atoms with Gasteiger partial charge in [-0.3, -0.25) is 4.79 Å². The fourth-order valence-electron chi connectivity index (χ4n) is 1.91. The summed E-state index contributed by atoms with van der Waals surface area (Å²) in [5, 5.41) is 9.56. The molecule has 1 heterocycles. The first-order chi connectivity index (χ1) is 9.38. The number of nitrogens with zero attached hydrogens (tertiary/aromatic N) is 2.